The molecule has 2 rings (SSSR count). The summed E-state index contributed by atoms with van der Waals surface area (Å²) in [7, 11) is -0.958. The summed E-state index contributed by atoms with van der Waals surface area (Å²) in [6, 6.07) is 16.0. The van der Waals surface area contributed by atoms with Crippen LogP contribution in [0.2, 0.25) is 0 Å². The predicted octanol–water partition coefficient (Wildman–Crippen LogP) is 4.70. The third-order valence-electron chi connectivity index (χ3n) is 2.45. The molecule has 2 aromatic carbocycles. The van der Waals surface area contributed by atoms with Gasteiger partial charge >= 0.3 is 0 Å². The van der Waals surface area contributed by atoms with Gasteiger partial charge in [-0.1, -0.05) is 24.3 Å². The Labute approximate surface area is 109 Å². The maximum Gasteiger partial charge on any atom is 0.286 e. The molecule has 0 N–H and O–H groups in total. The van der Waals surface area contributed by atoms with E-state index in [4.69, 9.17) is 9.05 Å². The van der Waals surface area contributed by atoms with Crippen LogP contribution < -0.4 is 9.05 Å². The zero-order valence-corrected chi connectivity index (χ0v) is 11.8. The van der Waals surface area contributed by atoms with Crippen LogP contribution in [0.25, 0.3) is 0 Å². The van der Waals surface area contributed by atoms with Crippen molar-refractivity contribution in [3.05, 3.63) is 59.7 Å². The Hall–Kier alpha value is -1.53. The summed E-state index contributed by atoms with van der Waals surface area (Å²) in [5, 5.41) is 0. The van der Waals surface area contributed by atoms with Gasteiger partial charge in [0.1, 0.15) is 11.5 Å². The van der Waals surface area contributed by atoms with Crippen LogP contribution in [0.5, 0.6) is 11.5 Å². The van der Waals surface area contributed by atoms with E-state index in [0.29, 0.717) is 0 Å². The average Bonchev–Trinajstić information content (AvgIpc) is 2.28. The molecule has 0 aliphatic carbocycles. The van der Waals surface area contributed by atoms with Gasteiger partial charge in [-0.05, 0) is 49.2 Å². The second-order valence-electron chi connectivity index (χ2n) is 4.26. The molecule has 94 valence electrons. The first-order valence-corrected chi connectivity index (χ1v) is 7.49. The summed E-state index contributed by atoms with van der Waals surface area (Å²) in [6.07, 6.45) is 0. The van der Waals surface area contributed by atoms with Gasteiger partial charge in [0.05, 0.1) is 0 Å². The molecule has 0 spiro atoms. The van der Waals surface area contributed by atoms with Crippen LogP contribution in [-0.2, 0) is 0 Å². The molecule has 0 unspecified atom stereocenters. The molecule has 2 aromatic rings. The Morgan fingerprint density at radius 3 is 1.61 bits per heavy atom. The molecular weight excluding hydrogens is 243 g/mol. The maximum atomic E-state index is 5.78. The Balaban J connectivity index is 1.98. The van der Waals surface area contributed by atoms with Gasteiger partial charge in [0.25, 0.3) is 8.38 Å². The fraction of sp³-hybridized carbons (Fsp3) is 0.200. The molecule has 2 nitrogen and oxygen atoms in total. The normalized spacial score (nSPS) is 10.4. The second-order valence-corrected chi connectivity index (χ2v) is 5.50. The third-order valence-corrected chi connectivity index (χ3v) is 3.38. The Bertz CT molecular complexity index is 478. The van der Waals surface area contributed by atoms with Crippen molar-refractivity contribution in [1.29, 1.82) is 0 Å². The largest absolute Gasteiger partial charge is 0.439 e. The van der Waals surface area contributed by atoms with Crippen LogP contribution in [0.1, 0.15) is 11.1 Å². The molecule has 18 heavy (non-hydrogen) atoms. The van der Waals surface area contributed by atoms with Gasteiger partial charge in [-0.3, -0.25) is 0 Å². The lowest BCUT2D eigenvalue weighted by molar-refractivity contribution is 0.496. The van der Waals surface area contributed by atoms with Crippen molar-refractivity contribution in [2.24, 2.45) is 0 Å². The first kappa shape index (κ1) is 12.9. The van der Waals surface area contributed by atoms with Crippen LogP contribution in [0, 0.1) is 13.8 Å². The zero-order chi connectivity index (χ0) is 13.0. The maximum absolute atomic E-state index is 5.78. The third kappa shape index (κ3) is 3.75. The van der Waals surface area contributed by atoms with Crippen molar-refractivity contribution in [2.75, 3.05) is 6.66 Å². The van der Waals surface area contributed by atoms with Gasteiger partial charge in [0, 0.05) is 6.66 Å². The van der Waals surface area contributed by atoms with Gasteiger partial charge in [0.2, 0.25) is 0 Å². The van der Waals surface area contributed by atoms with E-state index in [1.165, 1.54) is 11.1 Å². The fourth-order valence-corrected chi connectivity index (χ4v) is 2.52. The summed E-state index contributed by atoms with van der Waals surface area (Å²) in [4.78, 5) is 0. The van der Waals surface area contributed by atoms with Gasteiger partial charge in [-0.2, -0.15) is 0 Å². The molecule has 0 fully saturated rings. The zero-order valence-electron chi connectivity index (χ0n) is 10.9. The molecule has 0 heterocycles. The van der Waals surface area contributed by atoms with E-state index in [1.807, 2.05) is 69.0 Å². The quantitative estimate of drug-likeness (QED) is 0.741. The first-order chi connectivity index (χ1) is 8.63. The second kappa shape index (κ2) is 5.88. The lowest BCUT2D eigenvalue weighted by Crippen LogP contribution is -1.94. The SMILES string of the molecule is Cc1cccc(OP(C)Oc2cccc(C)c2)c1. The Morgan fingerprint density at radius 1 is 0.778 bits per heavy atom. The fourth-order valence-electron chi connectivity index (χ4n) is 1.66. The number of hydrogen-bond acceptors (Lipinski definition) is 2. The van der Waals surface area contributed by atoms with Crippen LogP contribution in [0.15, 0.2) is 48.5 Å². The van der Waals surface area contributed by atoms with Crippen molar-refractivity contribution < 1.29 is 9.05 Å². The molecule has 0 saturated carbocycles. The minimum Gasteiger partial charge on any atom is -0.439 e. The monoisotopic (exact) mass is 260 g/mol. The number of aryl methyl sites for hydroxylation is 2. The molecule has 0 aromatic heterocycles. The van der Waals surface area contributed by atoms with Crippen molar-refractivity contribution in [1.82, 2.24) is 0 Å². The summed E-state index contributed by atoms with van der Waals surface area (Å²) >= 11 is 0. The highest BCUT2D eigenvalue weighted by Gasteiger charge is 2.07. The molecule has 0 radical (unpaired) electrons. The summed E-state index contributed by atoms with van der Waals surface area (Å²) in [6.45, 7) is 6.05. The lowest BCUT2D eigenvalue weighted by Gasteiger charge is -2.15. The van der Waals surface area contributed by atoms with Crippen molar-refractivity contribution in [2.45, 2.75) is 13.8 Å². The van der Waals surface area contributed by atoms with E-state index in [1.54, 1.807) is 0 Å². The van der Waals surface area contributed by atoms with Crippen LogP contribution in [-0.4, -0.2) is 6.66 Å². The molecule has 0 aliphatic rings. The average molecular weight is 260 g/mol. The molecular formula is C15H17O2P. The van der Waals surface area contributed by atoms with Crippen LogP contribution in [0.4, 0.5) is 0 Å². The summed E-state index contributed by atoms with van der Waals surface area (Å²) in [5.74, 6) is 1.72. The summed E-state index contributed by atoms with van der Waals surface area (Å²) in [5.41, 5.74) is 2.37. The molecule has 0 bridgehead atoms. The van der Waals surface area contributed by atoms with E-state index in [2.05, 4.69) is 0 Å². The predicted molar refractivity (Wildman–Crippen MR) is 76.5 cm³/mol. The van der Waals surface area contributed by atoms with Crippen molar-refractivity contribution in [3.63, 3.8) is 0 Å². The molecule has 0 amide bonds. The van der Waals surface area contributed by atoms with Gasteiger partial charge in [-0.15, -0.1) is 0 Å². The minimum absolute atomic E-state index is 0.858. The standard InChI is InChI=1S/C15H17O2P/c1-12-6-4-8-14(10-12)16-18(3)17-15-9-5-7-13(2)11-15/h4-11H,1-3H3. The molecule has 3 heteroatoms. The smallest absolute Gasteiger partial charge is 0.286 e. The topological polar surface area (TPSA) is 18.5 Å². The van der Waals surface area contributed by atoms with E-state index < -0.39 is 8.38 Å². The van der Waals surface area contributed by atoms with Gasteiger partial charge < -0.3 is 9.05 Å². The minimum atomic E-state index is -0.958. The molecule has 0 atom stereocenters. The Kier molecular flexibility index (Phi) is 4.22. The molecule has 0 saturated heterocycles. The first-order valence-electron chi connectivity index (χ1n) is 5.86. The number of benzene rings is 2. The van der Waals surface area contributed by atoms with Crippen LogP contribution >= 0.6 is 8.38 Å². The Morgan fingerprint density at radius 2 is 1.22 bits per heavy atom. The molecule has 0 aliphatic heterocycles. The van der Waals surface area contributed by atoms with Crippen molar-refractivity contribution >= 4 is 8.38 Å². The van der Waals surface area contributed by atoms with E-state index in [0.717, 1.165) is 11.5 Å². The van der Waals surface area contributed by atoms with Crippen LogP contribution in [0.3, 0.4) is 0 Å². The van der Waals surface area contributed by atoms with Gasteiger partial charge in [-0.25, -0.2) is 0 Å². The highest BCUT2D eigenvalue weighted by Crippen LogP contribution is 2.37. The van der Waals surface area contributed by atoms with E-state index in [-0.39, 0.29) is 0 Å². The number of rotatable bonds is 4. The highest BCUT2D eigenvalue weighted by atomic mass is 31.2. The van der Waals surface area contributed by atoms with Gasteiger partial charge in [0.15, 0.2) is 0 Å². The summed E-state index contributed by atoms with van der Waals surface area (Å²) < 4.78 is 11.6. The number of hydrogen-bond donors (Lipinski definition) is 0. The lowest BCUT2D eigenvalue weighted by atomic mass is 10.2. The van der Waals surface area contributed by atoms with Crippen molar-refractivity contribution in [3.8, 4) is 11.5 Å². The highest BCUT2D eigenvalue weighted by molar-refractivity contribution is 7.47. The van der Waals surface area contributed by atoms with E-state index in [9.17, 15) is 0 Å². The van der Waals surface area contributed by atoms with E-state index >= 15 is 0 Å².